The van der Waals surface area contributed by atoms with E-state index in [4.69, 9.17) is 14.4 Å². The van der Waals surface area contributed by atoms with Crippen LogP contribution in [0, 0.1) is 0 Å². The Labute approximate surface area is 71.1 Å². The lowest BCUT2D eigenvalue weighted by Gasteiger charge is -2.14. The molecule has 1 fully saturated rings. The second-order valence-corrected chi connectivity index (χ2v) is 4.48. The molecule has 0 aromatic heterocycles. The molecule has 72 valence electrons. The van der Waals surface area contributed by atoms with E-state index in [2.05, 4.69) is 0 Å². The van der Waals surface area contributed by atoms with Crippen molar-refractivity contribution in [1.82, 2.24) is 0 Å². The van der Waals surface area contributed by atoms with Crippen LogP contribution in [0.25, 0.3) is 0 Å². The Morgan fingerprint density at radius 1 is 1.50 bits per heavy atom. The summed E-state index contributed by atoms with van der Waals surface area (Å²) in [5.41, 5.74) is -1.80. The normalized spacial score (nSPS) is 33.6. The number of hydrogen-bond acceptors (Lipinski definition) is 4. The van der Waals surface area contributed by atoms with Gasteiger partial charge in [0.05, 0.1) is 6.10 Å². The molecule has 5 nitrogen and oxygen atoms in total. The molecule has 1 rings (SSSR count). The molecule has 1 heterocycles. The van der Waals surface area contributed by atoms with Gasteiger partial charge in [-0.1, -0.05) is 0 Å². The molecule has 3 atom stereocenters. The van der Waals surface area contributed by atoms with Crippen LogP contribution in [-0.4, -0.2) is 35.7 Å². The van der Waals surface area contributed by atoms with Crippen molar-refractivity contribution in [3.63, 3.8) is 0 Å². The molecular weight excluding hydrogens is 184 g/mol. The quantitative estimate of drug-likeness (QED) is 0.595. The monoisotopic (exact) mass is 196 g/mol. The molecule has 12 heavy (non-hydrogen) atoms. The summed E-state index contributed by atoms with van der Waals surface area (Å²) in [5.74, 6) is 0. The highest BCUT2D eigenvalue weighted by Gasteiger charge is 2.35. The minimum Gasteiger partial charge on any atom is -0.373 e. The zero-order valence-electron chi connectivity index (χ0n) is 6.67. The van der Waals surface area contributed by atoms with Crippen molar-refractivity contribution < 1.29 is 22.8 Å². The van der Waals surface area contributed by atoms with Crippen LogP contribution in [-0.2, 0) is 14.9 Å². The van der Waals surface area contributed by atoms with Crippen molar-refractivity contribution in [3.05, 3.63) is 0 Å². The number of aliphatic hydroxyl groups excluding tert-OH is 1. The summed E-state index contributed by atoms with van der Waals surface area (Å²) in [6.45, 7) is 1.79. The smallest absolute Gasteiger partial charge is 0.294 e. The summed E-state index contributed by atoms with van der Waals surface area (Å²) in [4.78, 5) is 0. The number of hydrogen-bond donors (Lipinski definition) is 2. The Balaban J connectivity index is 2.61. The van der Waals surface area contributed by atoms with Gasteiger partial charge in [-0.05, 0) is 19.8 Å². The van der Waals surface area contributed by atoms with E-state index in [9.17, 15) is 8.42 Å². The van der Waals surface area contributed by atoms with E-state index in [-0.39, 0.29) is 6.10 Å². The largest absolute Gasteiger partial charge is 0.373 e. The molecule has 0 saturated carbocycles. The molecule has 0 aromatic carbocycles. The highest BCUT2D eigenvalue weighted by atomic mass is 32.2. The predicted octanol–water partition coefficient (Wildman–Crippen LogP) is -0.240. The molecule has 0 aliphatic carbocycles. The molecule has 3 unspecified atom stereocenters. The van der Waals surface area contributed by atoms with Gasteiger partial charge in [0.2, 0.25) is 5.44 Å². The van der Waals surface area contributed by atoms with Crippen molar-refractivity contribution in [3.8, 4) is 0 Å². The van der Waals surface area contributed by atoms with Crippen molar-refractivity contribution in [1.29, 1.82) is 0 Å². The summed E-state index contributed by atoms with van der Waals surface area (Å²) >= 11 is 0. The third-order valence-corrected chi connectivity index (χ3v) is 2.80. The van der Waals surface area contributed by atoms with Gasteiger partial charge in [0.1, 0.15) is 6.10 Å². The maximum atomic E-state index is 10.5. The van der Waals surface area contributed by atoms with Gasteiger partial charge in [-0.3, -0.25) is 4.55 Å². The van der Waals surface area contributed by atoms with Crippen molar-refractivity contribution in [2.24, 2.45) is 0 Å². The molecular formula is C6H12O5S. The topological polar surface area (TPSA) is 83.8 Å². The van der Waals surface area contributed by atoms with Crippen LogP contribution in [0.2, 0.25) is 0 Å². The van der Waals surface area contributed by atoms with Gasteiger partial charge in [-0.15, -0.1) is 0 Å². The van der Waals surface area contributed by atoms with E-state index in [1.165, 1.54) is 0 Å². The van der Waals surface area contributed by atoms with Crippen molar-refractivity contribution in [2.45, 2.75) is 37.4 Å². The minimum atomic E-state index is -4.38. The van der Waals surface area contributed by atoms with Crippen molar-refractivity contribution in [2.75, 3.05) is 0 Å². The van der Waals surface area contributed by atoms with Gasteiger partial charge in [-0.25, -0.2) is 0 Å². The summed E-state index contributed by atoms with van der Waals surface area (Å²) < 4.78 is 34.4. The Kier molecular flexibility index (Phi) is 2.72. The zero-order chi connectivity index (χ0) is 9.35. The molecule has 2 N–H and O–H groups in total. The number of aliphatic hydroxyl groups is 1. The van der Waals surface area contributed by atoms with Gasteiger partial charge < -0.3 is 9.84 Å². The Hall–Kier alpha value is -0.170. The van der Waals surface area contributed by atoms with E-state index < -0.39 is 21.7 Å². The fraction of sp³-hybridized carbons (Fsp3) is 1.00. The van der Waals surface area contributed by atoms with E-state index in [0.717, 1.165) is 0 Å². The van der Waals surface area contributed by atoms with Gasteiger partial charge in [0.15, 0.2) is 0 Å². The standard InChI is InChI=1S/C6H12O5S/c1-4-2-3-5(11-4)6(7)12(8,9)10/h4-7H,2-3H2,1H3,(H,8,9,10). The fourth-order valence-electron chi connectivity index (χ4n) is 1.24. The molecule has 1 aliphatic rings. The van der Waals surface area contributed by atoms with Crippen LogP contribution in [0.15, 0.2) is 0 Å². The van der Waals surface area contributed by atoms with Crippen LogP contribution < -0.4 is 0 Å². The van der Waals surface area contributed by atoms with Crippen LogP contribution >= 0.6 is 0 Å². The summed E-state index contributed by atoms with van der Waals surface area (Å²) in [5, 5.41) is 9.04. The first kappa shape index (κ1) is 9.91. The maximum absolute atomic E-state index is 10.5. The second-order valence-electron chi connectivity index (χ2n) is 2.97. The average Bonchev–Trinajstić information content (AvgIpc) is 2.32. The summed E-state index contributed by atoms with van der Waals surface area (Å²) in [6, 6.07) is 0. The molecule has 1 aliphatic heterocycles. The number of rotatable bonds is 2. The van der Waals surface area contributed by atoms with Crippen LogP contribution in [0.5, 0.6) is 0 Å². The maximum Gasteiger partial charge on any atom is 0.294 e. The molecule has 0 radical (unpaired) electrons. The third-order valence-electron chi connectivity index (χ3n) is 1.89. The van der Waals surface area contributed by atoms with Crippen LogP contribution in [0.3, 0.4) is 0 Å². The van der Waals surface area contributed by atoms with Gasteiger partial charge >= 0.3 is 0 Å². The molecule has 0 aromatic rings. The molecule has 0 amide bonds. The van der Waals surface area contributed by atoms with E-state index >= 15 is 0 Å². The SMILES string of the molecule is CC1CCC(C(O)S(=O)(=O)O)O1. The Bertz CT molecular complexity index is 247. The Morgan fingerprint density at radius 2 is 2.08 bits per heavy atom. The van der Waals surface area contributed by atoms with Crippen LogP contribution in [0.4, 0.5) is 0 Å². The lowest BCUT2D eigenvalue weighted by Crippen LogP contribution is -2.33. The minimum absolute atomic E-state index is 0.0496. The highest BCUT2D eigenvalue weighted by molar-refractivity contribution is 7.86. The zero-order valence-corrected chi connectivity index (χ0v) is 7.49. The molecule has 1 saturated heterocycles. The predicted molar refractivity (Wildman–Crippen MR) is 41.1 cm³/mol. The first-order chi connectivity index (χ1) is 5.41. The van der Waals surface area contributed by atoms with Crippen molar-refractivity contribution >= 4 is 10.1 Å². The van der Waals surface area contributed by atoms with Gasteiger partial charge in [-0.2, -0.15) is 8.42 Å². The third kappa shape index (κ3) is 2.16. The van der Waals surface area contributed by atoms with Crippen LogP contribution in [0.1, 0.15) is 19.8 Å². The lowest BCUT2D eigenvalue weighted by atomic mass is 10.2. The van der Waals surface area contributed by atoms with E-state index in [1.54, 1.807) is 6.92 Å². The summed E-state index contributed by atoms with van der Waals surface area (Å²) in [6.07, 6.45) is 0.334. The molecule has 0 bridgehead atoms. The lowest BCUT2D eigenvalue weighted by molar-refractivity contribution is 0.000588. The van der Waals surface area contributed by atoms with E-state index in [1.807, 2.05) is 0 Å². The van der Waals surface area contributed by atoms with Gasteiger partial charge in [0, 0.05) is 0 Å². The Morgan fingerprint density at radius 3 is 2.42 bits per heavy atom. The average molecular weight is 196 g/mol. The highest BCUT2D eigenvalue weighted by Crippen LogP contribution is 2.23. The second kappa shape index (κ2) is 3.29. The summed E-state index contributed by atoms with van der Waals surface area (Å²) in [7, 11) is -4.38. The first-order valence-electron chi connectivity index (χ1n) is 3.71. The molecule has 6 heteroatoms. The fourth-order valence-corrected chi connectivity index (χ4v) is 1.82. The number of ether oxygens (including phenoxy) is 1. The van der Waals surface area contributed by atoms with Gasteiger partial charge in [0.25, 0.3) is 10.1 Å². The van der Waals surface area contributed by atoms with E-state index in [0.29, 0.717) is 12.8 Å². The molecule has 0 spiro atoms. The first-order valence-corrected chi connectivity index (χ1v) is 5.21.